The van der Waals surface area contributed by atoms with Gasteiger partial charge in [-0.3, -0.25) is 0 Å². The molecule has 0 saturated carbocycles. The monoisotopic (exact) mass is 165 g/mol. The number of rotatable bonds is 1. The molecule has 1 aromatic rings. The van der Waals surface area contributed by atoms with E-state index in [1.165, 1.54) is 18.4 Å². The van der Waals surface area contributed by atoms with Crippen molar-refractivity contribution in [2.75, 3.05) is 7.11 Å². The number of hydrogen-bond donors (Lipinski definition) is 0. The Hall–Kier alpha value is 0.170. The fourth-order valence-corrected chi connectivity index (χ4v) is 1.14. The third kappa shape index (κ3) is 2.42. The SMILES string of the molecule is COC(=O)c1cccs1.[Na]. The number of carbonyl (C=O) groups excluding carboxylic acids is 1. The molecule has 0 fully saturated rings. The van der Waals surface area contributed by atoms with Crippen LogP contribution >= 0.6 is 11.3 Å². The quantitative estimate of drug-likeness (QED) is 0.461. The minimum absolute atomic E-state index is 0. The molecule has 0 aliphatic rings. The summed E-state index contributed by atoms with van der Waals surface area (Å²) in [6.45, 7) is 0. The van der Waals surface area contributed by atoms with E-state index >= 15 is 0 Å². The van der Waals surface area contributed by atoms with Crippen molar-refractivity contribution in [2.24, 2.45) is 0 Å². The number of hydrogen-bond acceptors (Lipinski definition) is 3. The van der Waals surface area contributed by atoms with Crippen molar-refractivity contribution in [1.29, 1.82) is 0 Å². The van der Waals surface area contributed by atoms with E-state index in [0.717, 1.165) is 0 Å². The molecule has 0 aliphatic carbocycles. The zero-order valence-electron chi connectivity index (χ0n) is 5.96. The summed E-state index contributed by atoms with van der Waals surface area (Å²) in [6, 6.07) is 3.55. The largest absolute Gasteiger partial charge is 0.465 e. The van der Waals surface area contributed by atoms with Gasteiger partial charge in [0.15, 0.2) is 0 Å². The normalized spacial score (nSPS) is 8.10. The van der Waals surface area contributed by atoms with Crippen molar-refractivity contribution < 1.29 is 9.53 Å². The Morgan fingerprint density at radius 2 is 2.40 bits per heavy atom. The summed E-state index contributed by atoms with van der Waals surface area (Å²) in [5, 5.41) is 1.84. The average molecular weight is 165 g/mol. The van der Waals surface area contributed by atoms with Gasteiger partial charge in [-0.05, 0) is 11.4 Å². The predicted octanol–water partition coefficient (Wildman–Crippen LogP) is 1.15. The van der Waals surface area contributed by atoms with Crippen molar-refractivity contribution in [3.63, 3.8) is 0 Å². The minimum Gasteiger partial charge on any atom is -0.465 e. The van der Waals surface area contributed by atoms with E-state index in [2.05, 4.69) is 4.74 Å². The molecular weight excluding hydrogens is 159 g/mol. The van der Waals surface area contributed by atoms with Gasteiger partial charge < -0.3 is 4.74 Å². The van der Waals surface area contributed by atoms with Crippen LogP contribution in [0.4, 0.5) is 0 Å². The number of esters is 1. The van der Waals surface area contributed by atoms with Gasteiger partial charge in [0.05, 0.1) is 7.11 Å². The molecule has 1 aromatic heterocycles. The number of ether oxygens (including phenoxy) is 1. The summed E-state index contributed by atoms with van der Waals surface area (Å²) in [5.41, 5.74) is 0. The molecule has 4 heteroatoms. The Morgan fingerprint density at radius 1 is 1.70 bits per heavy atom. The number of methoxy groups -OCH3 is 1. The van der Waals surface area contributed by atoms with Crippen LogP contribution in [0.1, 0.15) is 9.67 Å². The van der Waals surface area contributed by atoms with Crippen LogP contribution in [0.5, 0.6) is 0 Å². The van der Waals surface area contributed by atoms with Gasteiger partial charge in [-0.15, -0.1) is 11.3 Å². The van der Waals surface area contributed by atoms with Crippen LogP contribution in [0.3, 0.4) is 0 Å². The zero-order valence-corrected chi connectivity index (χ0v) is 8.77. The van der Waals surface area contributed by atoms with E-state index in [0.29, 0.717) is 4.88 Å². The van der Waals surface area contributed by atoms with Crippen molar-refractivity contribution in [2.45, 2.75) is 0 Å². The average Bonchev–Trinajstić information content (AvgIpc) is 2.37. The third-order valence-corrected chi connectivity index (χ3v) is 1.76. The number of carbonyl (C=O) groups is 1. The molecule has 1 radical (unpaired) electrons. The van der Waals surface area contributed by atoms with Gasteiger partial charge in [-0.2, -0.15) is 0 Å². The Labute approximate surface area is 85.5 Å². The third-order valence-electron chi connectivity index (χ3n) is 0.908. The summed E-state index contributed by atoms with van der Waals surface area (Å²) < 4.78 is 4.47. The topological polar surface area (TPSA) is 26.3 Å². The summed E-state index contributed by atoms with van der Waals surface area (Å²) >= 11 is 1.38. The summed E-state index contributed by atoms with van der Waals surface area (Å²) in [5.74, 6) is -0.259. The van der Waals surface area contributed by atoms with E-state index < -0.39 is 0 Å². The molecule has 0 N–H and O–H groups in total. The van der Waals surface area contributed by atoms with Gasteiger partial charge in [0.2, 0.25) is 0 Å². The van der Waals surface area contributed by atoms with E-state index in [1.807, 2.05) is 11.4 Å². The van der Waals surface area contributed by atoms with Gasteiger partial charge in [0.25, 0.3) is 0 Å². The van der Waals surface area contributed by atoms with Crippen molar-refractivity contribution in [3.8, 4) is 0 Å². The maximum absolute atomic E-state index is 10.7. The van der Waals surface area contributed by atoms with E-state index in [1.54, 1.807) is 6.07 Å². The second-order valence-corrected chi connectivity index (χ2v) is 2.42. The fourth-order valence-electron chi connectivity index (χ4n) is 0.495. The maximum atomic E-state index is 10.7. The second-order valence-electron chi connectivity index (χ2n) is 1.47. The molecular formula is C6H6NaO2S. The smallest absolute Gasteiger partial charge is 0.348 e. The van der Waals surface area contributed by atoms with E-state index in [-0.39, 0.29) is 35.5 Å². The van der Waals surface area contributed by atoms with Crippen molar-refractivity contribution in [3.05, 3.63) is 22.4 Å². The molecule has 10 heavy (non-hydrogen) atoms. The zero-order chi connectivity index (χ0) is 6.69. The first-order valence-electron chi connectivity index (χ1n) is 2.46. The minimum atomic E-state index is -0.259. The van der Waals surface area contributed by atoms with Gasteiger partial charge in [-0.25, -0.2) is 4.79 Å². The Balaban J connectivity index is 0.000000810. The van der Waals surface area contributed by atoms with Gasteiger partial charge in [0.1, 0.15) is 4.88 Å². The molecule has 1 heterocycles. The molecule has 0 bridgehead atoms. The van der Waals surface area contributed by atoms with Crippen LogP contribution in [0.25, 0.3) is 0 Å². The maximum Gasteiger partial charge on any atom is 0.348 e. The van der Waals surface area contributed by atoms with Gasteiger partial charge >= 0.3 is 5.97 Å². The van der Waals surface area contributed by atoms with Crippen LogP contribution in [0.15, 0.2) is 17.5 Å². The first-order chi connectivity index (χ1) is 4.34. The fraction of sp³-hybridized carbons (Fsp3) is 0.167. The first-order valence-corrected chi connectivity index (χ1v) is 3.34. The molecule has 0 atom stereocenters. The van der Waals surface area contributed by atoms with Gasteiger partial charge in [-0.1, -0.05) is 6.07 Å². The Morgan fingerprint density at radius 3 is 2.80 bits per heavy atom. The molecule has 1 rings (SSSR count). The van der Waals surface area contributed by atoms with Crippen LogP contribution in [-0.2, 0) is 4.74 Å². The number of thiophene rings is 1. The van der Waals surface area contributed by atoms with E-state index in [4.69, 9.17) is 0 Å². The molecule has 0 unspecified atom stereocenters. The Bertz CT molecular complexity index is 196. The predicted molar refractivity (Wildman–Crippen MR) is 41.4 cm³/mol. The van der Waals surface area contributed by atoms with E-state index in [9.17, 15) is 4.79 Å². The Kier molecular flexibility index (Phi) is 4.99. The molecule has 0 saturated heterocycles. The van der Waals surface area contributed by atoms with Gasteiger partial charge in [0, 0.05) is 29.6 Å². The van der Waals surface area contributed by atoms with Crippen LogP contribution in [0.2, 0.25) is 0 Å². The summed E-state index contributed by atoms with van der Waals surface area (Å²) in [4.78, 5) is 11.3. The molecule has 2 nitrogen and oxygen atoms in total. The summed E-state index contributed by atoms with van der Waals surface area (Å²) in [7, 11) is 1.38. The molecule has 49 valence electrons. The molecule has 0 spiro atoms. The molecule has 0 amide bonds. The second kappa shape index (κ2) is 4.91. The van der Waals surface area contributed by atoms with Crippen molar-refractivity contribution >= 4 is 46.9 Å². The van der Waals surface area contributed by atoms with Crippen LogP contribution < -0.4 is 0 Å². The first kappa shape index (κ1) is 10.2. The van der Waals surface area contributed by atoms with Crippen molar-refractivity contribution in [1.82, 2.24) is 0 Å². The van der Waals surface area contributed by atoms with Crippen LogP contribution in [0, 0.1) is 0 Å². The van der Waals surface area contributed by atoms with Crippen LogP contribution in [-0.4, -0.2) is 42.6 Å². The molecule has 0 aliphatic heterocycles. The standard InChI is InChI=1S/C6H6O2S.Na/c1-8-6(7)5-3-2-4-9-5;/h2-4H,1H3;. The summed E-state index contributed by atoms with van der Waals surface area (Å²) in [6.07, 6.45) is 0. The molecule has 0 aromatic carbocycles.